The van der Waals surface area contributed by atoms with Crippen LogP contribution in [-0.4, -0.2) is 41.1 Å². The maximum Gasteiger partial charge on any atom is 0.203 e. The van der Waals surface area contributed by atoms with Gasteiger partial charge in [-0.2, -0.15) is 0 Å². The van der Waals surface area contributed by atoms with E-state index in [4.69, 9.17) is 0 Å². The minimum Gasteiger partial charge on any atom is -0.355 e. The van der Waals surface area contributed by atoms with Crippen LogP contribution in [0.2, 0.25) is 0 Å². The quantitative estimate of drug-likeness (QED) is 0.843. The summed E-state index contributed by atoms with van der Waals surface area (Å²) in [5, 5.41) is 3.42. The van der Waals surface area contributed by atoms with Gasteiger partial charge in [0.15, 0.2) is 0 Å². The van der Waals surface area contributed by atoms with E-state index >= 15 is 0 Å². The minimum absolute atomic E-state index is 0.585. The van der Waals surface area contributed by atoms with Gasteiger partial charge in [-0.25, -0.2) is 4.98 Å². The number of imidazole rings is 1. The third kappa shape index (κ3) is 2.55. The second-order valence-electron chi connectivity index (χ2n) is 5.14. The third-order valence-corrected chi connectivity index (χ3v) is 3.10. The highest BCUT2D eigenvalue weighted by Crippen LogP contribution is 2.23. The fourth-order valence-electron chi connectivity index (χ4n) is 2.18. The van der Waals surface area contributed by atoms with Gasteiger partial charge < -0.3 is 14.8 Å². The minimum atomic E-state index is 0.585. The molecule has 1 N–H and O–H groups in total. The van der Waals surface area contributed by atoms with E-state index in [-0.39, 0.29) is 0 Å². The second kappa shape index (κ2) is 4.87. The number of nitrogens with one attached hydrogen (secondary N) is 1. The van der Waals surface area contributed by atoms with Gasteiger partial charge in [0.25, 0.3) is 0 Å². The topological polar surface area (TPSA) is 33.1 Å². The largest absolute Gasteiger partial charge is 0.355 e. The standard InChI is InChI=1S/C12H22N4/c1-10(2)8-14-12-13-5-7-16(12)11-4-6-15(3)9-11/h5,7,10-11H,4,6,8-9H2,1-3H3,(H,13,14). The molecule has 1 aromatic heterocycles. The lowest BCUT2D eigenvalue weighted by Crippen LogP contribution is -2.19. The van der Waals surface area contributed by atoms with Crippen molar-refractivity contribution in [3.8, 4) is 0 Å². The molecule has 1 aliphatic rings. The highest BCUT2D eigenvalue weighted by Gasteiger charge is 2.22. The molecular formula is C12H22N4. The Morgan fingerprint density at radius 2 is 2.38 bits per heavy atom. The predicted molar refractivity (Wildman–Crippen MR) is 66.7 cm³/mol. The Morgan fingerprint density at radius 3 is 3.00 bits per heavy atom. The van der Waals surface area contributed by atoms with Crippen molar-refractivity contribution in [1.82, 2.24) is 14.5 Å². The molecule has 1 atom stereocenters. The molecule has 2 heterocycles. The van der Waals surface area contributed by atoms with Crippen molar-refractivity contribution < 1.29 is 0 Å². The van der Waals surface area contributed by atoms with Crippen LogP contribution in [0, 0.1) is 5.92 Å². The summed E-state index contributed by atoms with van der Waals surface area (Å²) in [5.74, 6) is 1.67. The van der Waals surface area contributed by atoms with Crippen LogP contribution in [0.3, 0.4) is 0 Å². The van der Waals surface area contributed by atoms with Crippen LogP contribution in [0.25, 0.3) is 0 Å². The Kier molecular flexibility index (Phi) is 3.49. The number of aromatic nitrogens is 2. The zero-order chi connectivity index (χ0) is 11.5. The fourth-order valence-corrected chi connectivity index (χ4v) is 2.18. The van der Waals surface area contributed by atoms with Crippen molar-refractivity contribution in [3.63, 3.8) is 0 Å². The summed E-state index contributed by atoms with van der Waals surface area (Å²) in [6.45, 7) is 7.73. The van der Waals surface area contributed by atoms with Crippen LogP contribution in [0.4, 0.5) is 5.95 Å². The van der Waals surface area contributed by atoms with Crippen molar-refractivity contribution >= 4 is 5.95 Å². The Bertz CT molecular complexity index is 332. The van der Waals surface area contributed by atoms with Gasteiger partial charge in [-0.3, -0.25) is 0 Å². The number of rotatable bonds is 4. The van der Waals surface area contributed by atoms with E-state index in [1.807, 2.05) is 6.20 Å². The highest BCUT2D eigenvalue weighted by molar-refractivity contribution is 5.27. The van der Waals surface area contributed by atoms with E-state index in [0.717, 1.165) is 19.0 Å². The summed E-state index contributed by atoms with van der Waals surface area (Å²) in [7, 11) is 2.18. The van der Waals surface area contributed by atoms with Gasteiger partial charge in [0, 0.05) is 25.5 Å². The summed E-state index contributed by atoms with van der Waals surface area (Å²) >= 11 is 0. The zero-order valence-electron chi connectivity index (χ0n) is 10.5. The maximum absolute atomic E-state index is 4.39. The van der Waals surface area contributed by atoms with Crippen molar-refractivity contribution in [2.45, 2.75) is 26.3 Å². The molecule has 2 rings (SSSR count). The first-order valence-corrected chi connectivity index (χ1v) is 6.12. The second-order valence-corrected chi connectivity index (χ2v) is 5.14. The smallest absolute Gasteiger partial charge is 0.203 e. The molecule has 1 fully saturated rings. The molecule has 0 saturated carbocycles. The summed E-state index contributed by atoms with van der Waals surface area (Å²) in [6, 6.07) is 0.585. The Morgan fingerprint density at radius 1 is 1.56 bits per heavy atom. The Labute approximate surface area is 97.7 Å². The third-order valence-electron chi connectivity index (χ3n) is 3.10. The summed E-state index contributed by atoms with van der Waals surface area (Å²) < 4.78 is 2.28. The SMILES string of the molecule is CC(C)CNc1nccn1C1CCN(C)C1. The first kappa shape index (κ1) is 11.5. The number of nitrogens with zero attached hydrogens (tertiary/aromatic N) is 3. The van der Waals surface area contributed by atoms with Gasteiger partial charge in [0.05, 0.1) is 6.04 Å². The highest BCUT2D eigenvalue weighted by atomic mass is 15.3. The molecule has 1 aliphatic heterocycles. The normalized spacial score (nSPS) is 21.9. The lowest BCUT2D eigenvalue weighted by Gasteiger charge is -2.16. The number of hydrogen-bond donors (Lipinski definition) is 1. The number of hydrogen-bond acceptors (Lipinski definition) is 3. The van der Waals surface area contributed by atoms with E-state index in [0.29, 0.717) is 12.0 Å². The molecule has 1 saturated heterocycles. The molecule has 90 valence electrons. The molecule has 0 radical (unpaired) electrons. The van der Waals surface area contributed by atoms with E-state index < -0.39 is 0 Å². The lowest BCUT2D eigenvalue weighted by atomic mass is 10.2. The summed E-state index contributed by atoms with van der Waals surface area (Å²) in [5.41, 5.74) is 0. The van der Waals surface area contributed by atoms with Gasteiger partial charge in [-0.1, -0.05) is 13.8 Å². The predicted octanol–water partition coefficient (Wildman–Crippen LogP) is 1.83. The van der Waals surface area contributed by atoms with Gasteiger partial charge >= 0.3 is 0 Å². The average molecular weight is 222 g/mol. The summed E-state index contributed by atoms with van der Waals surface area (Å²) in [6.07, 6.45) is 5.21. The van der Waals surface area contributed by atoms with E-state index in [1.54, 1.807) is 0 Å². The molecule has 1 aromatic rings. The molecule has 0 bridgehead atoms. The average Bonchev–Trinajstić information content (AvgIpc) is 2.82. The zero-order valence-corrected chi connectivity index (χ0v) is 10.5. The number of anilines is 1. The van der Waals surface area contributed by atoms with Crippen LogP contribution in [-0.2, 0) is 0 Å². The number of likely N-dealkylation sites (N-methyl/N-ethyl adjacent to an activating group) is 1. The molecule has 1 unspecified atom stereocenters. The molecule has 0 spiro atoms. The molecule has 0 aliphatic carbocycles. The first-order valence-electron chi connectivity index (χ1n) is 6.12. The van der Waals surface area contributed by atoms with Crippen molar-refractivity contribution in [2.24, 2.45) is 5.92 Å². The van der Waals surface area contributed by atoms with Crippen molar-refractivity contribution in [2.75, 3.05) is 32.0 Å². The van der Waals surface area contributed by atoms with E-state index in [2.05, 4.69) is 46.9 Å². The van der Waals surface area contributed by atoms with Gasteiger partial charge in [0.2, 0.25) is 5.95 Å². The molecule has 4 nitrogen and oxygen atoms in total. The van der Waals surface area contributed by atoms with Gasteiger partial charge in [0.1, 0.15) is 0 Å². The first-order chi connectivity index (χ1) is 7.66. The van der Waals surface area contributed by atoms with Crippen LogP contribution in [0.1, 0.15) is 26.3 Å². The van der Waals surface area contributed by atoms with E-state index in [1.165, 1.54) is 13.0 Å². The number of likely N-dealkylation sites (tertiary alicyclic amines) is 1. The van der Waals surface area contributed by atoms with Crippen LogP contribution in [0.15, 0.2) is 12.4 Å². The van der Waals surface area contributed by atoms with Crippen LogP contribution < -0.4 is 5.32 Å². The molecule has 0 aromatic carbocycles. The van der Waals surface area contributed by atoms with Crippen LogP contribution >= 0.6 is 0 Å². The lowest BCUT2D eigenvalue weighted by molar-refractivity contribution is 0.393. The maximum atomic E-state index is 4.39. The molecule has 4 heteroatoms. The van der Waals surface area contributed by atoms with Crippen molar-refractivity contribution in [3.05, 3.63) is 12.4 Å². The molecular weight excluding hydrogens is 200 g/mol. The fraction of sp³-hybridized carbons (Fsp3) is 0.750. The monoisotopic (exact) mass is 222 g/mol. The molecule has 0 amide bonds. The van der Waals surface area contributed by atoms with Crippen LogP contribution in [0.5, 0.6) is 0 Å². The van der Waals surface area contributed by atoms with Gasteiger partial charge in [-0.15, -0.1) is 0 Å². The van der Waals surface area contributed by atoms with Gasteiger partial charge in [-0.05, 0) is 25.9 Å². The Balaban J connectivity index is 2.01. The van der Waals surface area contributed by atoms with E-state index in [9.17, 15) is 0 Å². The van der Waals surface area contributed by atoms with Crippen molar-refractivity contribution in [1.29, 1.82) is 0 Å². The Hall–Kier alpha value is -1.03. The summed E-state index contributed by atoms with van der Waals surface area (Å²) in [4.78, 5) is 6.76. The molecule has 16 heavy (non-hydrogen) atoms.